The van der Waals surface area contributed by atoms with Crippen LogP contribution in [0.3, 0.4) is 0 Å². The van der Waals surface area contributed by atoms with Crippen LogP contribution in [-0.2, 0) is 25.6 Å². The van der Waals surface area contributed by atoms with Crippen molar-refractivity contribution in [2.45, 2.75) is 13.5 Å². The topological polar surface area (TPSA) is 97.0 Å². The van der Waals surface area contributed by atoms with Crippen LogP contribution in [0.5, 0.6) is 0 Å². The molecule has 1 aromatic rings. The second kappa shape index (κ2) is 9.57. The predicted molar refractivity (Wildman–Crippen MR) is 93.9 cm³/mol. The summed E-state index contributed by atoms with van der Waals surface area (Å²) in [5, 5.41) is 5.21. The molecular formula is C18H23N3O5. The Bertz CT molecular complexity index is 687. The fourth-order valence-electron chi connectivity index (χ4n) is 2.56. The van der Waals surface area contributed by atoms with E-state index in [-0.39, 0.29) is 26.2 Å². The minimum atomic E-state index is -0.493. The fourth-order valence-corrected chi connectivity index (χ4v) is 2.56. The smallest absolute Gasteiger partial charge is 0.337 e. The molecule has 140 valence electrons. The molecule has 0 aromatic heterocycles. The van der Waals surface area contributed by atoms with Gasteiger partial charge >= 0.3 is 18.0 Å². The SMILES string of the molecule is CCOC(=O)C1=C(CN(CC(=O)OC)Cc2ccccc2)NC(=O)NC1. The van der Waals surface area contributed by atoms with Crippen LogP contribution in [-0.4, -0.2) is 56.2 Å². The molecule has 0 saturated heterocycles. The van der Waals surface area contributed by atoms with Crippen LogP contribution in [0.25, 0.3) is 0 Å². The Morgan fingerprint density at radius 3 is 2.58 bits per heavy atom. The Labute approximate surface area is 152 Å². The number of hydrogen-bond acceptors (Lipinski definition) is 6. The number of methoxy groups -OCH3 is 1. The quantitative estimate of drug-likeness (QED) is 0.665. The van der Waals surface area contributed by atoms with Crippen molar-refractivity contribution >= 4 is 18.0 Å². The lowest BCUT2D eigenvalue weighted by molar-refractivity contribution is -0.142. The standard InChI is InChI=1S/C18H23N3O5/c1-3-26-17(23)14-9-19-18(24)20-15(14)11-21(12-16(22)25-2)10-13-7-5-4-6-8-13/h4-8H,3,9-12H2,1-2H3,(H2,19,20,24). The summed E-state index contributed by atoms with van der Waals surface area (Å²) in [4.78, 5) is 37.4. The highest BCUT2D eigenvalue weighted by Crippen LogP contribution is 2.12. The molecule has 1 aromatic carbocycles. The number of carbonyl (C=O) groups excluding carboxylic acids is 3. The van der Waals surface area contributed by atoms with Gasteiger partial charge in [-0.1, -0.05) is 30.3 Å². The van der Waals surface area contributed by atoms with Crippen molar-refractivity contribution in [1.29, 1.82) is 0 Å². The second-order valence-corrected chi connectivity index (χ2v) is 5.69. The minimum absolute atomic E-state index is 0.0221. The molecule has 0 atom stereocenters. The van der Waals surface area contributed by atoms with Gasteiger partial charge in [-0.25, -0.2) is 9.59 Å². The van der Waals surface area contributed by atoms with Crippen molar-refractivity contribution < 1.29 is 23.9 Å². The molecule has 0 aliphatic carbocycles. The summed E-state index contributed by atoms with van der Waals surface area (Å²) in [6.45, 7) is 2.71. The van der Waals surface area contributed by atoms with E-state index in [4.69, 9.17) is 9.47 Å². The molecule has 8 heteroatoms. The minimum Gasteiger partial charge on any atom is -0.468 e. The van der Waals surface area contributed by atoms with E-state index in [2.05, 4.69) is 10.6 Å². The molecule has 0 unspecified atom stereocenters. The van der Waals surface area contributed by atoms with E-state index in [1.165, 1.54) is 7.11 Å². The Kier molecular flexibility index (Phi) is 7.16. The van der Waals surface area contributed by atoms with Crippen molar-refractivity contribution in [3.8, 4) is 0 Å². The molecule has 0 radical (unpaired) electrons. The highest BCUT2D eigenvalue weighted by Gasteiger charge is 2.25. The predicted octanol–water partition coefficient (Wildman–Crippen LogP) is 0.792. The number of ether oxygens (including phenoxy) is 2. The summed E-state index contributed by atoms with van der Waals surface area (Å²) in [6, 6.07) is 9.19. The molecule has 8 nitrogen and oxygen atoms in total. The summed E-state index contributed by atoms with van der Waals surface area (Å²) in [5.74, 6) is -0.896. The molecule has 2 amide bonds. The summed E-state index contributed by atoms with van der Waals surface area (Å²) < 4.78 is 9.80. The highest BCUT2D eigenvalue weighted by atomic mass is 16.5. The normalized spacial score (nSPS) is 13.9. The molecule has 0 spiro atoms. The third-order valence-electron chi connectivity index (χ3n) is 3.79. The highest BCUT2D eigenvalue weighted by molar-refractivity contribution is 5.93. The van der Waals surface area contributed by atoms with Crippen molar-refractivity contribution in [2.24, 2.45) is 0 Å². The maximum Gasteiger partial charge on any atom is 0.337 e. The first-order chi connectivity index (χ1) is 12.5. The zero-order chi connectivity index (χ0) is 18.9. The maximum absolute atomic E-state index is 12.2. The largest absolute Gasteiger partial charge is 0.468 e. The number of urea groups is 1. The van der Waals surface area contributed by atoms with Crippen LogP contribution in [0, 0.1) is 0 Å². The van der Waals surface area contributed by atoms with Crippen molar-refractivity contribution in [3.63, 3.8) is 0 Å². The van der Waals surface area contributed by atoms with Crippen LogP contribution in [0.2, 0.25) is 0 Å². The molecule has 1 heterocycles. The Morgan fingerprint density at radius 2 is 1.92 bits per heavy atom. The third kappa shape index (κ3) is 5.59. The molecule has 1 aliphatic heterocycles. The number of carbonyl (C=O) groups is 3. The first kappa shape index (κ1) is 19.5. The van der Waals surface area contributed by atoms with Gasteiger partial charge in [0, 0.05) is 18.8 Å². The molecule has 0 fully saturated rings. The van der Waals surface area contributed by atoms with Gasteiger partial charge in [0.1, 0.15) is 0 Å². The molecule has 2 rings (SSSR count). The van der Waals surface area contributed by atoms with Crippen molar-refractivity contribution in [3.05, 3.63) is 47.2 Å². The van der Waals surface area contributed by atoms with E-state index < -0.39 is 18.0 Å². The van der Waals surface area contributed by atoms with Gasteiger partial charge in [0.15, 0.2) is 0 Å². The summed E-state index contributed by atoms with van der Waals surface area (Å²) in [7, 11) is 1.32. The van der Waals surface area contributed by atoms with E-state index in [0.717, 1.165) is 5.56 Å². The molecule has 1 aliphatic rings. The fraction of sp³-hybridized carbons (Fsp3) is 0.389. The van der Waals surface area contributed by atoms with Gasteiger partial charge in [-0.15, -0.1) is 0 Å². The molecule has 26 heavy (non-hydrogen) atoms. The van der Waals surface area contributed by atoms with E-state index >= 15 is 0 Å². The summed E-state index contributed by atoms with van der Waals surface area (Å²) >= 11 is 0. The first-order valence-corrected chi connectivity index (χ1v) is 8.30. The zero-order valence-corrected chi connectivity index (χ0v) is 14.9. The van der Waals surface area contributed by atoms with E-state index in [1.54, 1.807) is 11.8 Å². The van der Waals surface area contributed by atoms with E-state index in [1.807, 2.05) is 30.3 Å². The number of amides is 2. The van der Waals surface area contributed by atoms with Gasteiger partial charge in [0.2, 0.25) is 0 Å². The van der Waals surface area contributed by atoms with Crippen LogP contribution >= 0.6 is 0 Å². The van der Waals surface area contributed by atoms with Gasteiger partial charge in [0.25, 0.3) is 0 Å². The van der Waals surface area contributed by atoms with Gasteiger partial charge in [-0.3, -0.25) is 9.69 Å². The van der Waals surface area contributed by atoms with Crippen LogP contribution < -0.4 is 10.6 Å². The maximum atomic E-state index is 12.2. The summed E-state index contributed by atoms with van der Waals surface area (Å²) in [5.41, 5.74) is 1.76. The van der Waals surface area contributed by atoms with Gasteiger partial charge < -0.3 is 20.1 Å². The van der Waals surface area contributed by atoms with Crippen molar-refractivity contribution in [2.75, 3.05) is 33.4 Å². The van der Waals surface area contributed by atoms with Gasteiger partial charge in [0.05, 0.1) is 32.4 Å². The van der Waals surface area contributed by atoms with Crippen LogP contribution in [0.4, 0.5) is 4.79 Å². The first-order valence-electron chi connectivity index (χ1n) is 8.30. The van der Waals surface area contributed by atoms with E-state index in [9.17, 15) is 14.4 Å². The summed E-state index contributed by atoms with van der Waals surface area (Å²) in [6.07, 6.45) is 0. The average Bonchev–Trinajstić information content (AvgIpc) is 2.62. The lowest BCUT2D eigenvalue weighted by atomic mass is 10.1. The van der Waals surface area contributed by atoms with Crippen LogP contribution in [0.15, 0.2) is 41.6 Å². The monoisotopic (exact) mass is 361 g/mol. The molecule has 0 bridgehead atoms. The number of benzene rings is 1. The van der Waals surface area contributed by atoms with E-state index in [0.29, 0.717) is 17.8 Å². The lowest BCUT2D eigenvalue weighted by Crippen LogP contribution is -2.47. The van der Waals surface area contributed by atoms with Crippen LogP contribution in [0.1, 0.15) is 12.5 Å². The van der Waals surface area contributed by atoms with Gasteiger partial charge in [-0.2, -0.15) is 0 Å². The Morgan fingerprint density at radius 1 is 1.19 bits per heavy atom. The molecule has 2 N–H and O–H groups in total. The number of hydrogen-bond donors (Lipinski definition) is 2. The number of rotatable bonds is 8. The Hall–Kier alpha value is -2.87. The number of esters is 2. The average molecular weight is 361 g/mol. The molecular weight excluding hydrogens is 338 g/mol. The second-order valence-electron chi connectivity index (χ2n) is 5.69. The zero-order valence-electron chi connectivity index (χ0n) is 14.9. The Balaban J connectivity index is 2.23. The lowest BCUT2D eigenvalue weighted by Gasteiger charge is -2.27. The molecule has 0 saturated carbocycles. The number of nitrogens with one attached hydrogen (secondary N) is 2. The van der Waals surface area contributed by atoms with Gasteiger partial charge in [-0.05, 0) is 12.5 Å². The van der Waals surface area contributed by atoms with Crippen molar-refractivity contribution in [1.82, 2.24) is 15.5 Å². The number of nitrogens with zero attached hydrogens (tertiary/aromatic N) is 1. The third-order valence-corrected chi connectivity index (χ3v) is 3.79.